The van der Waals surface area contributed by atoms with Gasteiger partial charge in [-0.3, -0.25) is 5.10 Å². The van der Waals surface area contributed by atoms with Crippen molar-refractivity contribution in [3.8, 4) is 17.1 Å². The van der Waals surface area contributed by atoms with E-state index in [4.69, 9.17) is 16.3 Å². The highest BCUT2D eigenvalue weighted by atomic mass is 35.5. The number of rotatable bonds is 7. The van der Waals surface area contributed by atoms with Gasteiger partial charge in [-0.15, -0.1) is 16.4 Å². The van der Waals surface area contributed by atoms with Crippen LogP contribution in [0.4, 0.5) is 0 Å². The van der Waals surface area contributed by atoms with Crippen molar-refractivity contribution in [3.63, 3.8) is 0 Å². The number of benzene rings is 2. The summed E-state index contributed by atoms with van der Waals surface area (Å²) in [5, 5.41) is 11.6. The zero-order valence-corrected chi connectivity index (χ0v) is 16.5. The number of aromatic nitrogens is 4. The average molecular weight is 415 g/mol. The highest BCUT2D eigenvalue weighted by Crippen LogP contribution is 2.24. The van der Waals surface area contributed by atoms with Crippen LogP contribution in [0.25, 0.3) is 11.4 Å². The van der Waals surface area contributed by atoms with Gasteiger partial charge in [0.15, 0.2) is 5.82 Å². The number of thiazole rings is 1. The van der Waals surface area contributed by atoms with Crippen LogP contribution in [0.5, 0.6) is 5.75 Å². The van der Waals surface area contributed by atoms with Crippen molar-refractivity contribution in [2.45, 2.75) is 17.5 Å². The van der Waals surface area contributed by atoms with Crippen LogP contribution in [0.1, 0.15) is 10.7 Å². The van der Waals surface area contributed by atoms with E-state index >= 15 is 0 Å². The number of ether oxygens (including phenoxy) is 1. The minimum atomic E-state index is 0.440. The molecular weight excluding hydrogens is 400 g/mol. The van der Waals surface area contributed by atoms with Crippen LogP contribution in [-0.4, -0.2) is 20.2 Å². The van der Waals surface area contributed by atoms with Gasteiger partial charge >= 0.3 is 0 Å². The van der Waals surface area contributed by atoms with Gasteiger partial charge in [-0.25, -0.2) is 9.97 Å². The van der Waals surface area contributed by atoms with E-state index in [-0.39, 0.29) is 0 Å². The van der Waals surface area contributed by atoms with Crippen molar-refractivity contribution in [1.29, 1.82) is 0 Å². The number of thioether (sulfide) groups is 1. The summed E-state index contributed by atoms with van der Waals surface area (Å²) in [6.07, 6.45) is 0. The monoisotopic (exact) mass is 414 g/mol. The lowest BCUT2D eigenvalue weighted by atomic mass is 10.2. The maximum absolute atomic E-state index is 5.87. The van der Waals surface area contributed by atoms with Crippen LogP contribution >= 0.6 is 34.7 Å². The minimum absolute atomic E-state index is 0.440. The Morgan fingerprint density at radius 3 is 2.67 bits per heavy atom. The fourth-order valence-electron chi connectivity index (χ4n) is 2.33. The van der Waals surface area contributed by atoms with Crippen LogP contribution in [0.3, 0.4) is 0 Å². The lowest BCUT2D eigenvalue weighted by Crippen LogP contribution is -1.95. The molecule has 0 aliphatic carbocycles. The van der Waals surface area contributed by atoms with Crippen LogP contribution < -0.4 is 4.74 Å². The summed E-state index contributed by atoms with van der Waals surface area (Å²) in [6.45, 7) is 0.440. The molecule has 2 heterocycles. The number of H-pyrrole nitrogens is 1. The van der Waals surface area contributed by atoms with Gasteiger partial charge < -0.3 is 4.74 Å². The Kier molecular flexibility index (Phi) is 5.72. The molecule has 27 heavy (non-hydrogen) atoms. The van der Waals surface area contributed by atoms with E-state index in [1.807, 2.05) is 47.8 Å². The molecule has 5 nitrogen and oxygen atoms in total. The van der Waals surface area contributed by atoms with E-state index in [0.717, 1.165) is 27.8 Å². The lowest BCUT2D eigenvalue weighted by Gasteiger charge is -2.03. The molecule has 0 aliphatic heterocycles. The van der Waals surface area contributed by atoms with Crippen LogP contribution in [0.15, 0.2) is 65.1 Å². The fraction of sp³-hybridized carbons (Fsp3) is 0.105. The van der Waals surface area contributed by atoms with Crippen molar-refractivity contribution >= 4 is 34.7 Å². The topological polar surface area (TPSA) is 63.7 Å². The summed E-state index contributed by atoms with van der Waals surface area (Å²) in [5.74, 6) is 2.26. The molecule has 2 aromatic heterocycles. The molecule has 136 valence electrons. The maximum atomic E-state index is 5.87. The molecule has 0 aliphatic rings. The number of nitrogens with one attached hydrogen (secondary N) is 1. The molecule has 8 heteroatoms. The second-order valence-corrected chi connectivity index (χ2v) is 7.92. The van der Waals surface area contributed by atoms with Crippen LogP contribution in [-0.2, 0) is 12.4 Å². The van der Waals surface area contributed by atoms with E-state index in [0.29, 0.717) is 22.5 Å². The molecule has 0 atom stereocenters. The summed E-state index contributed by atoms with van der Waals surface area (Å²) in [4.78, 5) is 9.13. The van der Waals surface area contributed by atoms with Gasteiger partial charge in [0.25, 0.3) is 0 Å². The second-order valence-electron chi connectivity index (χ2n) is 5.60. The van der Waals surface area contributed by atoms with Crippen molar-refractivity contribution in [2.75, 3.05) is 0 Å². The van der Waals surface area contributed by atoms with Crippen molar-refractivity contribution in [1.82, 2.24) is 20.2 Å². The standard InChI is InChI=1S/C19H15ClN4OS2/c20-14-6-8-16(9-7-14)25-10-17-21-15(11-26-17)12-27-19-22-18(23-24-19)13-4-2-1-3-5-13/h1-9,11H,10,12H2,(H,22,23,24). The first-order valence-corrected chi connectivity index (χ1v) is 10.4. The molecule has 0 unspecified atom stereocenters. The molecule has 0 amide bonds. The lowest BCUT2D eigenvalue weighted by molar-refractivity contribution is 0.305. The van der Waals surface area contributed by atoms with Gasteiger partial charge in [-0.2, -0.15) is 0 Å². The number of aromatic amines is 1. The first kappa shape index (κ1) is 18.0. The SMILES string of the molecule is Clc1ccc(OCc2nc(CSc3n[nH]c(-c4ccccc4)n3)cs2)cc1. The molecule has 0 saturated heterocycles. The third kappa shape index (κ3) is 4.88. The molecule has 0 saturated carbocycles. The number of hydrogen-bond donors (Lipinski definition) is 1. The Balaban J connectivity index is 1.31. The minimum Gasteiger partial charge on any atom is -0.486 e. The van der Waals surface area contributed by atoms with E-state index in [1.54, 1.807) is 35.2 Å². The zero-order valence-electron chi connectivity index (χ0n) is 14.1. The first-order chi connectivity index (χ1) is 13.3. The van der Waals surface area contributed by atoms with Crippen LogP contribution in [0, 0.1) is 0 Å². The van der Waals surface area contributed by atoms with Gasteiger partial charge in [-0.05, 0) is 24.3 Å². The molecule has 1 N–H and O–H groups in total. The van der Waals surface area contributed by atoms with E-state index in [1.165, 1.54) is 0 Å². The Morgan fingerprint density at radius 1 is 1.04 bits per heavy atom. The first-order valence-electron chi connectivity index (χ1n) is 8.18. The Morgan fingerprint density at radius 2 is 1.85 bits per heavy atom. The number of nitrogens with zero attached hydrogens (tertiary/aromatic N) is 3. The Labute approximate surface area is 169 Å². The fourth-order valence-corrected chi connectivity index (χ4v) is 3.96. The Bertz CT molecular complexity index is 1000. The van der Waals surface area contributed by atoms with E-state index in [9.17, 15) is 0 Å². The second kappa shape index (κ2) is 8.56. The molecule has 0 spiro atoms. The van der Waals surface area contributed by atoms with Gasteiger partial charge in [0.1, 0.15) is 17.4 Å². The summed E-state index contributed by atoms with van der Waals surface area (Å²) in [7, 11) is 0. The quantitative estimate of drug-likeness (QED) is 0.407. The van der Waals surface area contributed by atoms with E-state index in [2.05, 4.69) is 20.2 Å². The highest BCUT2D eigenvalue weighted by Gasteiger charge is 2.08. The highest BCUT2D eigenvalue weighted by molar-refractivity contribution is 7.98. The normalized spacial score (nSPS) is 10.9. The molecule has 0 bridgehead atoms. The molecule has 0 radical (unpaired) electrons. The molecule has 2 aromatic carbocycles. The summed E-state index contributed by atoms with van der Waals surface area (Å²) in [5.41, 5.74) is 2.01. The van der Waals surface area contributed by atoms with Crippen molar-refractivity contribution < 1.29 is 4.74 Å². The van der Waals surface area contributed by atoms with Gasteiger partial charge in [0.05, 0.1) is 5.69 Å². The molecule has 0 fully saturated rings. The molecule has 4 rings (SSSR count). The summed E-state index contributed by atoms with van der Waals surface area (Å²) < 4.78 is 5.73. The van der Waals surface area contributed by atoms with Crippen LogP contribution in [0.2, 0.25) is 5.02 Å². The van der Waals surface area contributed by atoms with E-state index < -0.39 is 0 Å². The predicted octanol–water partition coefficient (Wildman–Crippen LogP) is 5.45. The van der Waals surface area contributed by atoms with Crippen molar-refractivity contribution in [2.24, 2.45) is 0 Å². The molecule has 4 aromatic rings. The third-order valence-corrected chi connectivity index (χ3v) is 5.64. The Hall–Kier alpha value is -2.35. The predicted molar refractivity (Wildman–Crippen MR) is 109 cm³/mol. The summed E-state index contributed by atoms with van der Waals surface area (Å²) in [6, 6.07) is 17.3. The van der Waals surface area contributed by atoms with Gasteiger partial charge in [-0.1, -0.05) is 53.7 Å². The maximum Gasteiger partial charge on any atom is 0.209 e. The number of hydrogen-bond acceptors (Lipinski definition) is 6. The zero-order chi connectivity index (χ0) is 18.5. The number of halogens is 1. The third-order valence-electron chi connectivity index (χ3n) is 3.64. The van der Waals surface area contributed by atoms with Gasteiger partial charge in [0, 0.05) is 21.7 Å². The summed E-state index contributed by atoms with van der Waals surface area (Å²) >= 11 is 9.01. The van der Waals surface area contributed by atoms with Crippen molar-refractivity contribution in [3.05, 3.63) is 75.7 Å². The molecular formula is C19H15ClN4OS2. The largest absolute Gasteiger partial charge is 0.486 e. The smallest absolute Gasteiger partial charge is 0.209 e. The van der Waals surface area contributed by atoms with Gasteiger partial charge in [0.2, 0.25) is 5.16 Å². The average Bonchev–Trinajstić information content (AvgIpc) is 3.36.